The molecule has 16 heavy (non-hydrogen) atoms. The van der Waals surface area contributed by atoms with Crippen LogP contribution in [-0.2, 0) is 14.8 Å². The van der Waals surface area contributed by atoms with E-state index in [2.05, 4.69) is 0 Å². The Kier molecular flexibility index (Phi) is 3.48. The number of hydrogen-bond acceptors (Lipinski definition) is 5. The van der Waals surface area contributed by atoms with Crippen molar-refractivity contribution in [2.24, 2.45) is 5.14 Å². The molecular weight excluding hydrogens is 250 g/mol. The highest BCUT2D eigenvalue weighted by molar-refractivity contribution is 7.91. The molecule has 0 bridgehead atoms. The van der Waals surface area contributed by atoms with Gasteiger partial charge in [0.15, 0.2) is 5.06 Å². The Balaban J connectivity index is 2.02. The monoisotopic (exact) mass is 263 g/mol. The van der Waals surface area contributed by atoms with Crippen LogP contribution in [0.15, 0.2) is 16.3 Å². The lowest BCUT2D eigenvalue weighted by atomic mass is 10.2. The smallest absolute Gasteiger partial charge is 0.247 e. The normalized spacial score (nSPS) is 21.9. The standard InChI is InChI=1S/C9H13NO4S2/c10-16(11,12)9-5-4-8(15-9)14-7-3-1-2-6-13-7/h4-5,7H,1-3,6H2,(H2,10,11,12). The summed E-state index contributed by atoms with van der Waals surface area (Å²) in [7, 11) is -3.63. The van der Waals surface area contributed by atoms with Gasteiger partial charge in [-0.2, -0.15) is 0 Å². The van der Waals surface area contributed by atoms with Crippen molar-refractivity contribution in [1.82, 2.24) is 0 Å². The van der Waals surface area contributed by atoms with Gasteiger partial charge in [0.05, 0.1) is 6.61 Å². The molecule has 1 aromatic heterocycles. The summed E-state index contributed by atoms with van der Waals surface area (Å²) in [6, 6.07) is 3.04. The number of sulfonamides is 1. The van der Waals surface area contributed by atoms with E-state index in [1.165, 1.54) is 6.07 Å². The molecule has 1 unspecified atom stereocenters. The van der Waals surface area contributed by atoms with E-state index in [4.69, 9.17) is 14.6 Å². The van der Waals surface area contributed by atoms with Gasteiger partial charge in [-0.3, -0.25) is 0 Å². The lowest BCUT2D eigenvalue weighted by Gasteiger charge is -2.22. The zero-order chi connectivity index (χ0) is 11.6. The molecule has 0 saturated carbocycles. The van der Waals surface area contributed by atoms with Crippen LogP contribution >= 0.6 is 11.3 Å². The van der Waals surface area contributed by atoms with Crippen molar-refractivity contribution in [2.75, 3.05) is 6.61 Å². The van der Waals surface area contributed by atoms with E-state index in [0.29, 0.717) is 11.7 Å². The molecule has 1 aliphatic rings. The lowest BCUT2D eigenvalue weighted by molar-refractivity contribution is -0.104. The maximum absolute atomic E-state index is 11.0. The maximum Gasteiger partial charge on any atom is 0.247 e. The number of hydrogen-bond donors (Lipinski definition) is 1. The van der Waals surface area contributed by atoms with Crippen LogP contribution < -0.4 is 9.88 Å². The Labute approximate surface area is 98.2 Å². The quantitative estimate of drug-likeness (QED) is 0.891. The third kappa shape index (κ3) is 2.94. The fourth-order valence-corrected chi connectivity index (χ4v) is 3.05. The fraction of sp³-hybridized carbons (Fsp3) is 0.556. The molecule has 2 rings (SSSR count). The van der Waals surface area contributed by atoms with Gasteiger partial charge < -0.3 is 9.47 Å². The van der Waals surface area contributed by atoms with E-state index in [1.54, 1.807) is 6.07 Å². The van der Waals surface area contributed by atoms with Crippen LogP contribution in [0.3, 0.4) is 0 Å². The summed E-state index contributed by atoms with van der Waals surface area (Å²) in [5.74, 6) is 0. The van der Waals surface area contributed by atoms with E-state index >= 15 is 0 Å². The largest absolute Gasteiger partial charge is 0.455 e. The van der Waals surface area contributed by atoms with Crippen molar-refractivity contribution >= 4 is 21.4 Å². The van der Waals surface area contributed by atoms with Crippen molar-refractivity contribution in [2.45, 2.75) is 29.8 Å². The predicted molar refractivity (Wildman–Crippen MR) is 59.9 cm³/mol. The molecule has 5 nitrogen and oxygen atoms in total. The molecule has 1 aliphatic heterocycles. The number of thiophene rings is 1. The molecule has 90 valence electrons. The van der Waals surface area contributed by atoms with Crippen LogP contribution in [0.1, 0.15) is 19.3 Å². The Bertz CT molecular complexity index is 448. The number of nitrogens with two attached hydrogens (primary N) is 1. The fourth-order valence-electron chi connectivity index (χ4n) is 1.45. The summed E-state index contributed by atoms with van der Waals surface area (Å²) in [4.78, 5) is 0. The summed E-state index contributed by atoms with van der Waals surface area (Å²) in [5.41, 5.74) is 0. The molecule has 0 radical (unpaired) electrons. The first kappa shape index (κ1) is 11.8. The molecule has 7 heteroatoms. The first-order valence-electron chi connectivity index (χ1n) is 4.96. The molecule has 0 aliphatic carbocycles. The second-order valence-electron chi connectivity index (χ2n) is 3.53. The van der Waals surface area contributed by atoms with E-state index in [9.17, 15) is 8.42 Å². The van der Waals surface area contributed by atoms with Crippen LogP contribution in [0.4, 0.5) is 0 Å². The summed E-state index contributed by atoms with van der Waals surface area (Å²) in [5, 5.41) is 5.52. The van der Waals surface area contributed by atoms with E-state index in [1.807, 2.05) is 0 Å². The number of rotatable bonds is 3. The molecule has 1 fully saturated rings. The van der Waals surface area contributed by atoms with Crippen LogP contribution in [0.2, 0.25) is 0 Å². The molecule has 1 saturated heterocycles. The molecule has 1 atom stereocenters. The Hall–Kier alpha value is -0.630. The van der Waals surface area contributed by atoms with Crippen LogP contribution in [-0.4, -0.2) is 21.3 Å². The van der Waals surface area contributed by atoms with Crippen molar-refractivity contribution in [3.8, 4) is 5.06 Å². The van der Waals surface area contributed by atoms with Crippen LogP contribution in [0, 0.1) is 0 Å². The van der Waals surface area contributed by atoms with Crippen molar-refractivity contribution in [3.63, 3.8) is 0 Å². The number of ether oxygens (including phenoxy) is 2. The van der Waals surface area contributed by atoms with Gasteiger partial charge in [-0.25, -0.2) is 13.6 Å². The molecule has 1 aromatic rings. The summed E-state index contributed by atoms with van der Waals surface area (Å²) in [6.45, 7) is 0.693. The van der Waals surface area contributed by atoms with E-state index < -0.39 is 10.0 Å². The Morgan fingerprint density at radius 3 is 2.81 bits per heavy atom. The van der Waals surface area contributed by atoms with Gasteiger partial charge in [-0.15, -0.1) is 0 Å². The summed E-state index contributed by atoms with van der Waals surface area (Å²) < 4.78 is 33.1. The molecule has 2 N–H and O–H groups in total. The first-order valence-corrected chi connectivity index (χ1v) is 7.33. The van der Waals surface area contributed by atoms with Gasteiger partial charge in [0.25, 0.3) is 0 Å². The highest BCUT2D eigenvalue weighted by Gasteiger charge is 2.18. The summed E-state index contributed by atoms with van der Waals surface area (Å²) in [6.07, 6.45) is 2.69. The zero-order valence-corrected chi connectivity index (χ0v) is 10.2. The van der Waals surface area contributed by atoms with Gasteiger partial charge in [-0.1, -0.05) is 11.3 Å². The summed E-state index contributed by atoms with van der Waals surface area (Å²) >= 11 is 1.02. The minimum atomic E-state index is -3.63. The molecule has 0 spiro atoms. The highest BCUT2D eigenvalue weighted by atomic mass is 32.2. The van der Waals surface area contributed by atoms with Crippen molar-refractivity contribution in [1.29, 1.82) is 0 Å². The molecule has 0 amide bonds. The Morgan fingerprint density at radius 1 is 1.44 bits per heavy atom. The molecular formula is C9H13NO4S2. The third-order valence-corrected chi connectivity index (χ3v) is 4.64. The molecule has 2 heterocycles. The highest BCUT2D eigenvalue weighted by Crippen LogP contribution is 2.29. The second kappa shape index (κ2) is 4.70. The van der Waals surface area contributed by atoms with Crippen molar-refractivity contribution in [3.05, 3.63) is 12.1 Å². The van der Waals surface area contributed by atoms with E-state index in [-0.39, 0.29) is 10.5 Å². The van der Waals surface area contributed by atoms with Crippen LogP contribution in [0.5, 0.6) is 5.06 Å². The Morgan fingerprint density at radius 2 is 2.25 bits per heavy atom. The van der Waals surface area contributed by atoms with Gasteiger partial charge in [0, 0.05) is 6.42 Å². The minimum Gasteiger partial charge on any atom is -0.455 e. The number of primary sulfonamides is 1. The maximum atomic E-state index is 11.0. The minimum absolute atomic E-state index is 0.110. The zero-order valence-electron chi connectivity index (χ0n) is 8.59. The van der Waals surface area contributed by atoms with Gasteiger partial charge in [-0.05, 0) is 25.0 Å². The SMILES string of the molecule is NS(=O)(=O)c1ccc(OC2CCCCO2)s1. The van der Waals surface area contributed by atoms with Gasteiger partial charge >= 0.3 is 0 Å². The predicted octanol–water partition coefficient (Wildman–Crippen LogP) is 1.30. The molecule has 0 aromatic carbocycles. The lowest BCUT2D eigenvalue weighted by Crippen LogP contribution is -2.24. The van der Waals surface area contributed by atoms with Crippen LogP contribution in [0.25, 0.3) is 0 Å². The van der Waals surface area contributed by atoms with Crippen molar-refractivity contribution < 1.29 is 17.9 Å². The van der Waals surface area contributed by atoms with Gasteiger partial charge in [0.2, 0.25) is 16.3 Å². The average molecular weight is 263 g/mol. The second-order valence-corrected chi connectivity index (χ2v) is 6.37. The topological polar surface area (TPSA) is 78.6 Å². The average Bonchev–Trinajstić information content (AvgIpc) is 2.67. The third-order valence-electron chi connectivity index (χ3n) is 2.22. The first-order chi connectivity index (χ1) is 7.55. The van der Waals surface area contributed by atoms with Gasteiger partial charge in [0.1, 0.15) is 4.21 Å². The van der Waals surface area contributed by atoms with E-state index in [0.717, 1.165) is 30.6 Å².